The van der Waals surface area contributed by atoms with Crippen molar-refractivity contribution < 1.29 is 9.91 Å². The standard InChI is InChI=1S/C6H7N3O2/c1-4-2-5(9(10)11)3-8-6(4)7/h2-3H,1H3,(H2,7,8)/p+1. The molecule has 5 nitrogen and oxygen atoms in total. The normalized spacial score (nSPS) is 9.55. The SMILES string of the molecule is Cc1cc([N+](=O)[O-])c[nH+]c1N. The number of nitrogens with zero attached hydrogens (tertiary/aromatic N) is 1. The number of nitro groups is 1. The third kappa shape index (κ3) is 1.43. The predicted molar refractivity (Wildman–Crippen MR) is 38.8 cm³/mol. The van der Waals surface area contributed by atoms with Gasteiger partial charge in [-0.3, -0.25) is 15.8 Å². The van der Waals surface area contributed by atoms with Crippen LogP contribution in [-0.2, 0) is 0 Å². The Bertz CT molecular complexity index is 298. The molecule has 1 aromatic heterocycles. The Hall–Kier alpha value is -1.65. The van der Waals surface area contributed by atoms with Crippen LogP contribution < -0.4 is 10.7 Å². The summed E-state index contributed by atoms with van der Waals surface area (Å²) in [5.41, 5.74) is 6.12. The number of aryl methyl sites for hydroxylation is 1. The first-order valence-corrected chi connectivity index (χ1v) is 3.03. The van der Waals surface area contributed by atoms with Gasteiger partial charge in [-0.15, -0.1) is 0 Å². The Morgan fingerprint density at radius 3 is 2.82 bits per heavy atom. The summed E-state index contributed by atoms with van der Waals surface area (Å²) in [5.74, 6) is 0.454. The summed E-state index contributed by atoms with van der Waals surface area (Å²) in [4.78, 5) is 12.3. The van der Waals surface area contributed by atoms with E-state index in [2.05, 4.69) is 4.98 Å². The number of aromatic nitrogens is 1. The van der Waals surface area contributed by atoms with Gasteiger partial charge in [-0.1, -0.05) is 0 Å². The highest BCUT2D eigenvalue weighted by Crippen LogP contribution is 2.11. The van der Waals surface area contributed by atoms with Gasteiger partial charge in [0.1, 0.15) is 0 Å². The highest BCUT2D eigenvalue weighted by Gasteiger charge is 2.09. The summed E-state index contributed by atoms with van der Waals surface area (Å²) in [6.45, 7) is 1.71. The second kappa shape index (κ2) is 2.53. The zero-order valence-electron chi connectivity index (χ0n) is 6.00. The van der Waals surface area contributed by atoms with Gasteiger partial charge in [-0.2, -0.15) is 0 Å². The van der Waals surface area contributed by atoms with E-state index in [4.69, 9.17) is 5.73 Å². The van der Waals surface area contributed by atoms with Crippen molar-refractivity contribution in [1.82, 2.24) is 0 Å². The van der Waals surface area contributed by atoms with Gasteiger partial charge in [-0.25, -0.2) is 4.98 Å². The first kappa shape index (κ1) is 7.46. The largest absolute Gasteiger partial charge is 0.308 e. The Labute approximate surface area is 63.0 Å². The number of hydrogen-bond acceptors (Lipinski definition) is 3. The minimum absolute atomic E-state index is 0.0247. The van der Waals surface area contributed by atoms with Crippen molar-refractivity contribution in [2.75, 3.05) is 5.73 Å². The van der Waals surface area contributed by atoms with Gasteiger partial charge in [-0.05, 0) is 6.92 Å². The number of aromatic amines is 1. The molecule has 5 heteroatoms. The molecule has 3 N–H and O–H groups in total. The Morgan fingerprint density at radius 2 is 2.36 bits per heavy atom. The van der Waals surface area contributed by atoms with E-state index in [0.29, 0.717) is 11.4 Å². The van der Waals surface area contributed by atoms with Crippen LogP contribution in [0.15, 0.2) is 12.3 Å². The molecular formula is C6H8N3O2+. The molecule has 0 aliphatic carbocycles. The minimum Gasteiger partial charge on any atom is -0.287 e. The lowest BCUT2D eigenvalue weighted by atomic mass is 10.3. The average molecular weight is 154 g/mol. The molecule has 11 heavy (non-hydrogen) atoms. The van der Waals surface area contributed by atoms with Gasteiger partial charge in [0, 0.05) is 11.6 Å². The smallest absolute Gasteiger partial charge is 0.287 e. The molecule has 0 unspecified atom stereocenters. The van der Waals surface area contributed by atoms with Crippen LogP contribution in [0.2, 0.25) is 0 Å². The first-order valence-electron chi connectivity index (χ1n) is 3.03. The maximum Gasteiger partial charge on any atom is 0.308 e. The highest BCUT2D eigenvalue weighted by molar-refractivity contribution is 5.39. The fourth-order valence-corrected chi connectivity index (χ4v) is 0.712. The van der Waals surface area contributed by atoms with Crippen LogP contribution in [0.4, 0.5) is 11.5 Å². The van der Waals surface area contributed by atoms with Gasteiger partial charge in [0.05, 0.1) is 4.92 Å². The molecule has 0 fully saturated rings. The van der Waals surface area contributed by atoms with E-state index in [1.807, 2.05) is 0 Å². The van der Waals surface area contributed by atoms with Crippen molar-refractivity contribution in [2.24, 2.45) is 0 Å². The number of H-pyrrole nitrogens is 1. The van der Waals surface area contributed by atoms with Crippen LogP contribution in [0.5, 0.6) is 0 Å². The van der Waals surface area contributed by atoms with Crippen LogP contribution in [0.1, 0.15) is 5.56 Å². The number of nitrogens with one attached hydrogen (secondary N) is 1. The Balaban J connectivity index is 3.15. The van der Waals surface area contributed by atoms with E-state index >= 15 is 0 Å². The molecule has 1 aromatic rings. The molecule has 0 aliphatic rings. The maximum absolute atomic E-state index is 10.2. The van der Waals surface area contributed by atoms with Crippen molar-refractivity contribution in [3.05, 3.63) is 27.9 Å². The number of hydrogen-bond donors (Lipinski definition) is 1. The number of rotatable bonds is 1. The summed E-state index contributed by atoms with van der Waals surface area (Å²) in [7, 11) is 0. The fourth-order valence-electron chi connectivity index (χ4n) is 0.712. The first-order chi connectivity index (χ1) is 5.11. The van der Waals surface area contributed by atoms with Crippen molar-refractivity contribution in [2.45, 2.75) is 6.92 Å². The number of nitrogen functional groups attached to an aromatic ring is 1. The molecule has 1 rings (SSSR count). The van der Waals surface area contributed by atoms with E-state index in [9.17, 15) is 10.1 Å². The molecule has 0 saturated heterocycles. The van der Waals surface area contributed by atoms with E-state index in [1.165, 1.54) is 12.3 Å². The summed E-state index contributed by atoms with van der Waals surface area (Å²) < 4.78 is 0. The van der Waals surface area contributed by atoms with Crippen molar-refractivity contribution in [1.29, 1.82) is 0 Å². The van der Waals surface area contributed by atoms with Gasteiger partial charge >= 0.3 is 5.69 Å². The van der Waals surface area contributed by atoms with Crippen molar-refractivity contribution in [3.63, 3.8) is 0 Å². The minimum atomic E-state index is -0.469. The highest BCUT2D eigenvalue weighted by atomic mass is 16.6. The molecule has 0 amide bonds. The van der Waals surface area contributed by atoms with Gasteiger partial charge < -0.3 is 0 Å². The summed E-state index contributed by atoms with van der Waals surface area (Å²) in [6.07, 6.45) is 1.27. The van der Waals surface area contributed by atoms with Gasteiger partial charge in [0.25, 0.3) is 5.82 Å². The molecule has 0 spiro atoms. The zero-order chi connectivity index (χ0) is 8.43. The Kier molecular flexibility index (Phi) is 1.72. The fraction of sp³-hybridized carbons (Fsp3) is 0.167. The molecule has 0 aliphatic heterocycles. The number of pyridine rings is 1. The second-order valence-electron chi connectivity index (χ2n) is 2.21. The van der Waals surface area contributed by atoms with Gasteiger partial charge in [0.15, 0.2) is 6.20 Å². The zero-order valence-corrected chi connectivity index (χ0v) is 6.00. The molecular weight excluding hydrogens is 146 g/mol. The summed E-state index contributed by atoms with van der Waals surface area (Å²) in [6, 6.07) is 1.42. The molecule has 0 atom stereocenters. The topological polar surface area (TPSA) is 83.3 Å². The maximum atomic E-state index is 10.2. The number of nitrogens with two attached hydrogens (primary N) is 1. The van der Waals surface area contributed by atoms with Crippen LogP contribution in [0, 0.1) is 17.0 Å². The molecule has 0 saturated carbocycles. The average Bonchev–Trinajstić information content (AvgIpc) is 1.94. The summed E-state index contributed by atoms with van der Waals surface area (Å²) >= 11 is 0. The van der Waals surface area contributed by atoms with E-state index in [0.717, 1.165) is 0 Å². The predicted octanol–water partition coefficient (Wildman–Crippen LogP) is 0.300. The van der Waals surface area contributed by atoms with Gasteiger partial charge in [0.2, 0.25) is 0 Å². The third-order valence-electron chi connectivity index (χ3n) is 1.38. The van der Waals surface area contributed by atoms with Crippen LogP contribution in [-0.4, -0.2) is 4.92 Å². The van der Waals surface area contributed by atoms with Crippen molar-refractivity contribution in [3.8, 4) is 0 Å². The monoisotopic (exact) mass is 154 g/mol. The van der Waals surface area contributed by atoms with Crippen LogP contribution >= 0.6 is 0 Å². The molecule has 0 radical (unpaired) electrons. The lowest BCUT2D eigenvalue weighted by Crippen LogP contribution is -2.12. The van der Waals surface area contributed by atoms with Crippen molar-refractivity contribution >= 4 is 11.5 Å². The lowest BCUT2D eigenvalue weighted by Gasteiger charge is -1.91. The van der Waals surface area contributed by atoms with Crippen LogP contribution in [0.3, 0.4) is 0 Å². The van der Waals surface area contributed by atoms with E-state index < -0.39 is 4.92 Å². The molecule has 58 valence electrons. The van der Waals surface area contributed by atoms with Crippen LogP contribution in [0.25, 0.3) is 0 Å². The molecule has 0 bridgehead atoms. The summed E-state index contributed by atoms with van der Waals surface area (Å²) in [5, 5.41) is 10.2. The second-order valence-corrected chi connectivity index (χ2v) is 2.21. The quantitative estimate of drug-likeness (QED) is 0.466. The third-order valence-corrected chi connectivity index (χ3v) is 1.38. The van der Waals surface area contributed by atoms with E-state index in [-0.39, 0.29) is 5.69 Å². The molecule has 1 heterocycles. The number of anilines is 1. The Morgan fingerprint density at radius 1 is 1.73 bits per heavy atom. The lowest BCUT2D eigenvalue weighted by molar-refractivity contribution is -0.413. The molecule has 0 aromatic carbocycles. The van der Waals surface area contributed by atoms with E-state index in [1.54, 1.807) is 6.92 Å².